The molecule has 0 saturated heterocycles. The SMILES string of the molecule is CCCCCC/C=C\C/C=C\CCCCCCCCCC(=O)OC(CO)COP(=O)(O)OCC(CO)OC(=O)CCCCCCCCC/C=C\C/C=C\CCCCCC. The van der Waals surface area contributed by atoms with Gasteiger partial charge in [-0.3, -0.25) is 18.6 Å². The number of phosphoric ester groups is 1. The number of hydrogen-bond donors (Lipinski definition) is 3. The van der Waals surface area contributed by atoms with Crippen LogP contribution < -0.4 is 0 Å². The van der Waals surface area contributed by atoms with Gasteiger partial charge in [0.25, 0.3) is 0 Å². The molecule has 0 radical (unpaired) electrons. The first-order valence-corrected chi connectivity index (χ1v) is 25.1. The Hall–Kier alpha value is -2.07. The summed E-state index contributed by atoms with van der Waals surface area (Å²) in [7, 11) is -4.64. The van der Waals surface area contributed by atoms with E-state index in [1.54, 1.807) is 0 Å². The second-order valence-electron chi connectivity index (χ2n) is 15.7. The van der Waals surface area contributed by atoms with Crippen molar-refractivity contribution in [2.45, 2.75) is 219 Å². The minimum atomic E-state index is -4.64. The maximum Gasteiger partial charge on any atom is 0.472 e. The fraction of sp³-hybridized carbons (Fsp3) is 0.792. The average molecular weight is 855 g/mol. The number of rotatable bonds is 44. The number of unbranched alkanes of at least 4 members (excludes halogenated alkanes) is 22. The van der Waals surface area contributed by atoms with Crippen molar-refractivity contribution < 1.29 is 47.8 Å². The van der Waals surface area contributed by atoms with Gasteiger partial charge < -0.3 is 24.6 Å². The molecule has 0 aromatic carbocycles. The Balaban J connectivity index is 3.91. The van der Waals surface area contributed by atoms with Crippen LogP contribution >= 0.6 is 7.82 Å². The molecule has 0 bridgehead atoms. The molecule has 344 valence electrons. The fourth-order valence-corrected chi connectivity index (χ4v) is 7.14. The first-order valence-electron chi connectivity index (χ1n) is 23.6. The third-order valence-electron chi connectivity index (χ3n) is 10.0. The van der Waals surface area contributed by atoms with E-state index in [0.29, 0.717) is 12.8 Å². The number of esters is 2. The van der Waals surface area contributed by atoms with Crippen LogP contribution in [0, 0.1) is 0 Å². The quantitative estimate of drug-likeness (QED) is 0.0234. The highest BCUT2D eigenvalue weighted by molar-refractivity contribution is 7.47. The molecule has 2 unspecified atom stereocenters. The summed E-state index contributed by atoms with van der Waals surface area (Å²) >= 11 is 0. The van der Waals surface area contributed by atoms with E-state index in [1.807, 2.05) is 0 Å². The molecule has 0 aromatic rings. The van der Waals surface area contributed by atoms with Crippen molar-refractivity contribution >= 4 is 19.8 Å². The van der Waals surface area contributed by atoms with E-state index in [9.17, 15) is 29.3 Å². The van der Waals surface area contributed by atoms with Gasteiger partial charge in [-0.2, -0.15) is 0 Å². The lowest BCUT2D eigenvalue weighted by Gasteiger charge is -2.20. The zero-order chi connectivity index (χ0) is 43.3. The number of carbonyl (C=O) groups excluding carboxylic acids is 2. The van der Waals surface area contributed by atoms with Crippen molar-refractivity contribution in [1.82, 2.24) is 0 Å². The minimum absolute atomic E-state index is 0.182. The zero-order valence-electron chi connectivity index (χ0n) is 37.5. The third kappa shape index (κ3) is 42.4. The molecular formula is C48H87O10P. The first kappa shape index (κ1) is 56.9. The maximum atomic E-state index is 12.4. The Labute approximate surface area is 360 Å². The third-order valence-corrected chi connectivity index (χ3v) is 11.0. The second kappa shape index (κ2) is 44.0. The monoisotopic (exact) mass is 855 g/mol. The molecule has 0 spiro atoms. The van der Waals surface area contributed by atoms with Gasteiger partial charge in [-0.15, -0.1) is 0 Å². The van der Waals surface area contributed by atoms with Crippen LogP contribution in [0.5, 0.6) is 0 Å². The molecule has 0 aliphatic carbocycles. The summed E-state index contributed by atoms with van der Waals surface area (Å²) in [5.41, 5.74) is 0. The molecule has 0 saturated carbocycles. The lowest BCUT2D eigenvalue weighted by atomic mass is 10.1. The van der Waals surface area contributed by atoms with Crippen LogP contribution in [0.4, 0.5) is 0 Å². The predicted octanol–water partition coefficient (Wildman–Crippen LogP) is 12.9. The standard InChI is InChI=1S/C48H87O10P/c1-3-5-7-9-11-13-15-17-19-21-23-25-27-29-31-33-35-37-39-47(51)57-45(41-49)43-55-59(53,54)56-44-46(42-50)58-48(52)40-38-36-34-32-30-28-26-24-22-20-18-16-14-12-10-8-6-4-2/h13-16,19-22,45-46,49-50H,3-12,17-18,23-44H2,1-2H3,(H,53,54)/b15-13-,16-14-,21-19-,22-20-. The number of allylic oxidation sites excluding steroid dienone is 8. The van der Waals surface area contributed by atoms with Crippen molar-refractivity contribution in [3.63, 3.8) is 0 Å². The lowest BCUT2D eigenvalue weighted by Crippen LogP contribution is -2.28. The van der Waals surface area contributed by atoms with Crippen molar-refractivity contribution in [3.05, 3.63) is 48.6 Å². The van der Waals surface area contributed by atoms with Crippen LogP contribution in [0.15, 0.2) is 48.6 Å². The summed E-state index contributed by atoms with van der Waals surface area (Å²) in [6.45, 7) is 2.17. The number of aliphatic hydroxyl groups is 2. The predicted molar refractivity (Wildman–Crippen MR) is 242 cm³/mol. The molecule has 11 heteroatoms. The van der Waals surface area contributed by atoms with E-state index in [0.717, 1.165) is 64.2 Å². The highest BCUT2D eigenvalue weighted by atomic mass is 31.2. The van der Waals surface area contributed by atoms with Crippen LogP contribution in [0.25, 0.3) is 0 Å². The number of ether oxygens (including phenoxy) is 2. The number of aliphatic hydroxyl groups excluding tert-OH is 2. The minimum Gasteiger partial charge on any atom is -0.457 e. The fourth-order valence-electron chi connectivity index (χ4n) is 6.35. The molecular weight excluding hydrogens is 767 g/mol. The molecule has 0 fully saturated rings. The van der Waals surface area contributed by atoms with Crippen molar-refractivity contribution in [2.24, 2.45) is 0 Å². The molecule has 0 aromatic heterocycles. The van der Waals surface area contributed by atoms with Gasteiger partial charge in [-0.25, -0.2) is 4.57 Å². The molecule has 0 rings (SSSR count). The van der Waals surface area contributed by atoms with E-state index >= 15 is 0 Å². The molecule has 0 aliphatic heterocycles. The second-order valence-corrected chi connectivity index (χ2v) is 17.2. The molecule has 3 N–H and O–H groups in total. The summed E-state index contributed by atoms with van der Waals surface area (Å²) in [5, 5.41) is 19.2. The van der Waals surface area contributed by atoms with Gasteiger partial charge in [0.15, 0.2) is 0 Å². The van der Waals surface area contributed by atoms with Crippen molar-refractivity contribution in [3.8, 4) is 0 Å². The Bertz CT molecular complexity index is 1040. The van der Waals surface area contributed by atoms with Gasteiger partial charge in [0.1, 0.15) is 12.2 Å². The number of carbonyl (C=O) groups is 2. The topological polar surface area (TPSA) is 149 Å². The molecule has 10 nitrogen and oxygen atoms in total. The van der Waals surface area contributed by atoms with E-state index in [2.05, 4.69) is 62.5 Å². The Morgan fingerprint density at radius 1 is 0.458 bits per heavy atom. The van der Waals surface area contributed by atoms with Gasteiger partial charge in [-0.05, 0) is 77.0 Å². The van der Waals surface area contributed by atoms with Gasteiger partial charge in [0.05, 0.1) is 26.4 Å². The molecule has 0 heterocycles. The van der Waals surface area contributed by atoms with E-state index in [1.165, 1.54) is 103 Å². The van der Waals surface area contributed by atoms with E-state index in [4.69, 9.17) is 18.5 Å². The number of hydrogen-bond acceptors (Lipinski definition) is 9. The summed E-state index contributed by atoms with van der Waals surface area (Å²) in [6, 6.07) is 0. The van der Waals surface area contributed by atoms with E-state index in [-0.39, 0.29) is 12.8 Å². The molecule has 59 heavy (non-hydrogen) atoms. The van der Waals surface area contributed by atoms with Gasteiger partial charge in [-0.1, -0.05) is 165 Å². The van der Waals surface area contributed by atoms with E-state index < -0.39 is 58.4 Å². The summed E-state index contributed by atoms with van der Waals surface area (Å²) in [4.78, 5) is 34.6. The summed E-state index contributed by atoms with van der Waals surface area (Å²) < 4.78 is 32.6. The van der Waals surface area contributed by atoms with Crippen LogP contribution in [0.3, 0.4) is 0 Å². The van der Waals surface area contributed by atoms with Crippen LogP contribution in [0.1, 0.15) is 206 Å². The molecule has 0 amide bonds. The highest BCUT2D eigenvalue weighted by Crippen LogP contribution is 2.43. The molecule has 0 aliphatic rings. The smallest absolute Gasteiger partial charge is 0.457 e. The van der Waals surface area contributed by atoms with Crippen LogP contribution in [0.2, 0.25) is 0 Å². The normalized spacial score (nSPS) is 14.2. The van der Waals surface area contributed by atoms with Crippen LogP contribution in [-0.2, 0) is 32.7 Å². The van der Waals surface area contributed by atoms with Crippen LogP contribution in [-0.4, -0.2) is 65.7 Å². The summed E-state index contributed by atoms with van der Waals surface area (Å²) in [5.74, 6) is -1.03. The van der Waals surface area contributed by atoms with Crippen molar-refractivity contribution in [1.29, 1.82) is 0 Å². The average Bonchev–Trinajstić information content (AvgIpc) is 3.22. The van der Waals surface area contributed by atoms with Gasteiger partial charge in [0, 0.05) is 12.8 Å². The first-order chi connectivity index (χ1) is 28.8. The Morgan fingerprint density at radius 2 is 0.746 bits per heavy atom. The van der Waals surface area contributed by atoms with Crippen molar-refractivity contribution in [2.75, 3.05) is 26.4 Å². The van der Waals surface area contributed by atoms with Gasteiger partial charge >= 0.3 is 19.8 Å². The maximum absolute atomic E-state index is 12.4. The Kier molecular flexibility index (Phi) is 42.5. The van der Waals surface area contributed by atoms with Gasteiger partial charge in [0.2, 0.25) is 0 Å². The highest BCUT2D eigenvalue weighted by Gasteiger charge is 2.27. The molecule has 2 atom stereocenters. The summed E-state index contributed by atoms with van der Waals surface area (Å²) in [6.07, 6.45) is 47.9. The Morgan fingerprint density at radius 3 is 1.05 bits per heavy atom. The zero-order valence-corrected chi connectivity index (χ0v) is 38.4. The lowest BCUT2D eigenvalue weighted by molar-refractivity contribution is -0.153. The largest absolute Gasteiger partial charge is 0.472 e. The number of phosphoric acid groups is 1.